The van der Waals surface area contributed by atoms with E-state index in [1.54, 1.807) is 17.9 Å². The molecule has 1 unspecified atom stereocenters. The predicted molar refractivity (Wildman–Crippen MR) is 140 cm³/mol. The first kappa shape index (κ1) is 24.4. The molecule has 11 heteroatoms. The number of rotatable bonds is 6. The van der Waals surface area contributed by atoms with Crippen LogP contribution >= 0.6 is 11.3 Å². The minimum absolute atomic E-state index is 0.193. The summed E-state index contributed by atoms with van der Waals surface area (Å²) in [7, 11) is -1.97. The van der Waals surface area contributed by atoms with Crippen LogP contribution in [-0.2, 0) is 10.0 Å². The third kappa shape index (κ3) is 4.73. The number of benzene rings is 2. The molecule has 5 rings (SSSR count). The van der Waals surface area contributed by atoms with Gasteiger partial charge in [-0.3, -0.25) is 4.79 Å². The lowest BCUT2D eigenvalue weighted by molar-refractivity contribution is 0.102. The molecule has 1 aliphatic heterocycles. The highest BCUT2D eigenvalue weighted by Crippen LogP contribution is 2.30. The van der Waals surface area contributed by atoms with Crippen LogP contribution in [0.3, 0.4) is 0 Å². The number of ether oxygens (including phenoxy) is 1. The average Bonchev–Trinajstić information content (AvgIpc) is 3.46. The van der Waals surface area contributed by atoms with Crippen LogP contribution in [0.15, 0.2) is 53.4 Å². The molecule has 1 amide bonds. The standard InChI is InChI=1S/C25H27N5O4S2/c1-16-5-4-12-29(15-16)36(32,33)20-9-6-18(7-10-20)24(31)27-23-13-17(2)28-30(23)25-26-21-11-8-19(34-3)14-22(21)35-25/h6-11,13-14,16H,4-5,12,15H2,1-3H3,(H,27,31). The molecule has 2 aromatic heterocycles. The Kier molecular flexibility index (Phi) is 6.54. The first-order valence-electron chi connectivity index (χ1n) is 11.7. The first-order valence-corrected chi connectivity index (χ1v) is 13.9. The van der Waals surface area contributed by atoms with Gasteiger partial charge >= 0.3 is 0 Å². The number of nitrogens with one attached hydrogen (secondary N) is 1. The number of hydrogen-bond acceptors (Lipinski definition) is 7. The second-order valence-electron chi connectivity index (χ2n) is 9.00. The smallest absolute Gasteiger partial charge is 0.256 e. The fraction of sp³-hybridized carbons (Fsp3) is 0.320. The number of methoxy groups -OCH3 is 1. The van der Waals surface area contributed by atoms with E-state index in [2.05, 4.69) is 22.3 Å². The lowest BCUT2D eigenvalue weighted by Gasteiger charge is -2.30. The lowest BCUT2D eigenvalue weighted by atomic mass is 10.0. The van der Waals surface area contributed by atoms with Gasteiger partial charge in [0, 0.05) is 24.7 Å². The molecular weight excluding hydrogens is 498 g/mol. The molecule has 1 aliphatic rings. The van der Waals surface area contributed by atoms with E-state index in [0.29, 0.717) is 35.5 Å². The van der Waals surface area contributed by atoms with Crippen molar-refractivity contribution in [1.29, 1.82) is 0 Å². The molecule has 0 bridgehead atoms. The van der Waals surface area contributed by atoms with Crippen LogP contribution in [0, 0.1) is 12.8 Å². The van der Waals surface area contributed by atoms with Crippen molar-refractivity contribution in [3.05, 3.63) is 59.8 Å². The molecule has 188 valence electrons. The van der Waals surface area contributed by atoms with Gasteiger partial charge in [-0.25, -0.2) is 13.4 Å². The number of sulfonamides is 1. The molecule has 1 atom stereocenters. The SMILES string of the molecule is COc1ccc2nc(-n3nc(C)cc3NC(=O)c3ccc(S(=O)(=O)N4CCCC(C)C4)cc3)sc2c1. The fourth-order valence-corrected chi connectivity index (χ4v) is 6.88. The molecule has 0 spiro atoms. The normalized spacial score (nSPS) is 16.8. The van der Waals surface area contributed by atoms with Crippen LogP contribution in [0.4, 0.5) is 5.82 Å². The van der Waals surface area contributed by atoms with Crippen molar-refractivity contribution in [2.75, 3.05) is 25.5 Å². The highest BCUT2D eigenvalue weighted by atomic mass is 32.2. The number of amides is 1. The largest absolute Gasteiger partial charge is 0.497 e. The van der Waals surface area contributed by atoms with Gasteiger partial charge in [0.05, 0.1) is 27.9 Å². The number of carbonyl (C=O) groups excluding carboxylic acids is 1. The molecule has 4 aromatic rings. The van der Waals surface area contributed by atoms with Gasteiger partial charge in [-0.1, -0.05) is 18.3 Å². The summed E-state index contributed by atoms with van der Waals surface area (Å²) in [6, 6.07) is 13.5. The van der Waals surface area contributed by atoms with Gasteiger partial charge in [-0.05, 0) is 68.1 Å². The van der Waals surface area contributed by atoms with E-state index in [-0.39, 0.29) is 10.8 Å². The molecular formula is C25H27N5O4S2. The van der Waals surface area contributed by atoms with Crippen LogP contribution in [-0.4, -0.2) is 53.6 Å². The van der Waals surface area contributed by atoms with E-state index in [9.17, 15) is 13.2 Å². The lowest BCUT2D eigenvalue weighted by Crippen LogP contribution is -2.39. The summed E-state index contributed by atoms with van der Waals surface area (Å²) in [5.74, 6) is 1.18. The van der Waals surface area contributed by atoms with Crippen LogP contribution < -0.4 is 10.1 Å². The second-order valence-corrected chi connectivity index (χ2v) is 11.9. The molecule has 1 fully saturated rings. The summed E-state index contributed by atoms with van der Waals surface area (Å²) in [4.78, 5) is 17.9. The third-order valence-electron chi connectivity index (χ3n) is 6.21. The molecule has 0 saturated carbocycles. The summed E-state index contributed by atoms with van der Waals surface area (Å²) < 4.78 is 35.4. The first-order chi connectivity index (χ1) is 17.2. The van der Waals surface area contributed by atoms with Crippen molar-refractivity contribution in [3.63, 3.8) is 0 Å². The van der Waals surface area contributed by atoms with Gasteiger partial charge in [0.1, 0.15) is 11.6 Å². The van der Waals surface area contributed by atoms with Crippen LogP contribution in [0.1, 0.15) is 35.8 Å². The van der Waals surface area contributed by atoms with E-state index in [1.165, 1.54) is 39.9 Å². The topological polar surface area (TPSA) is 106 Å². The molecule has 1 saturated heterocycles. The number of fused-ring (bicyclic) bond motifs is 1. The summed E-state index contributed by atoms with van der Waals surface area (Å²) >= 11 is 1.44. The minimum atomic E-state index is -3.58. The van der Waals surface area contributed by atoms with Gasteiger partial charge in [0.25, 0.3) is 5.91 Å². The number of hydrogen-bond donors (Lipinski definition) is 1. The average molecular weight is 526 g/mol. The van der Waals surface area contributed by atoms with Crippen molar-refractivity contribution in [2.45, 2.75) is 31.6 Å². The zero-order valence-electron chi connectivity index (χ0n) is 20.3. The van der Waals surface area contributed by atoms with Crippen LogP contribution in [0.5, 0.6) is 5.75 Å². The van der Waals surface area contributed by atoms with Crippen molar-refractivity contribution in [2.24, 2.45) is 5.92 Å². The maximum Gasteiger partial charge on any atom is 0.256 e. The van der Waals surface area contributed by atoms with Crippen LogP contribution in [0.2, 0.25) is 0 Å². The summed E-state index contributed by atoms with van der Waals surface area (Å²) in [6.45, 7) is 4.94. The Morgan fingerprint density at radius 1 is 1.17 bits per heavy atom. The van der Waals surface area contributed by atoms with Gasteiger partial charge in [-0.15, -0.1) is 0 Å². The highest BCUT2D eigenvalue weighted by Gasteiger charge is 2.28. The van der Waals surface area contributed by atoms with Gasteiger partial charge < -0.3 is 10.1 Å². The van der Waals surface area contributed by atoms with E-state index in [0.717, 1.165) is 34.5 Å². The predicted octanol–water partition coefficient (Wildman–Crippen LogP) is 4.47. The molecule has 0 aliphatic carbocycles. The third-order valence-corrected chi connectivity index (χ3v) is 9.09. The maximum absolute atomic E-state index is 13.0. The quantitative estimate of drug-likeness (QED) is 0.398. The van der Waals surface area contributed by atoms with Crippen molar-refractivity contribution < 1.29 is 17.9 Å². The Hall–Kier alpha value is -3.28. The van der Waals surface area contributed by atoms with Crippen molar-refractivity contribution in [3.8, 4) is 10.9 Å². The van der Waals surface area contributed by atoms with E-state index >= 15 is 0 Å². The number of anilines is 1. The zero-order valence-corrected chi connectivity index (χ0v) is 21.9. The molecule has 36 heavy (non-hydrogen) atoms. The van der Waals surface area contributed by atoms with Crippen molar-refractivity contribution in [1.82, 2.24) is 19.1 Å². The number of thiazole rings is 1. The Bertz CT molecular complexity index is 1530. The zero-order chi connectivity index (χ0) is 25.4. The Morgan fingerprint density at radius 2 is 1.94 bits per heavy atom. The van der Waals surface area contributed by atoms with Crippen molar-refractivity contribution >= 4 is 43.3 Å². The van der Waals surface area contributed by atoms with Gasteiger partial charge in [0.15, 0.2) is 0 Å². The summed E-state index contributed by atoms with van der Waals surface area (Å²) in [5, 5.41) is 8.00. The Balaban J connectivity index is 1.36. The second kappa shape index (κ2) is 9.64. The van der Waals surface area contributed by atoms with E-state index < -0.39 is 10.0 Å². The molecule has 2 aromatic carbocycles. The number of piperidine rings is 1. The van der Waals surface area contributed by atoms with Gasteiger partial charge in [-0.2, -0.15) is 14.1 Å². The van der Waals surface area contributed by atoms with Gasteiger partial charge in [0.2, 0.25) is 15.2 Å². The molecule has 3 heterocycles. The number of aromatic nitrogens is 3. The number of carbonyl (C=O) groups is 1. The maximum atomic E-state index is 13.0. The Morgan fingerprint density at radius 3 is 2.67 bits per heavy atom. The molecule has 1 N–H and O–H groups in total. The summed E-state index contributed by atoms with van der Waals surface area (Å²) in [5.41, 5.74) is 1.88. The number of aryl methyl sites for hydroxylation is 1. The van der Waals surface area contributed by atoms with Crippen LogP contribution in [0.25, 0.3) is 15.3 Å². The van der Waals surface area contributed by atoms with E-state index in [1.807, 2.05) is 25.1 Å². The fourth-order valence-electron chi connectivity index (χ4n) is 4.33. The monoisotopic (exact) mass is 525 g/mol. The molecule has 0 radical (unpaired) electrons. The summed E-state index contributed by atoms with van der Waals surface area (Å²) in [6.07, 6.45) is 1.89. The minimum Gasteiger partial charge on any atom is -0.497 e. The Labute approximate surface area is 213 Å². The number of nitrogens with zero attached hydrogens (tertiary/aromatic N) is 4. The van der Waals surface area contributed by atoms with E-state index in [4.69, 9.17) is 4.74 Å². The molecule has 9 nitrogen and oxygen atoms in total. The highest BCUT2D eigenvalue weighted by molar-refractivity contribution is 7.89.